The second-order valence-corrected chi connectivity index (χ2v) is 5.28. The van der Waals surface area contributed by atoms with Gasteiger partial charge in [0.1, 0.15) is 11.1 Å². The minimum atomic E-state index is -1.59. The zero-order valence-electron chi connectivity index (χ0n) is 9.78. The zero-order chi connectivity index (χ0) is 12.5. The van der Waals surface area contributed by atoms with E-state index < -0.39 is 16.9 Å². The quantitative estimate of drug-likeness (QED) is 0.522. The number of nitrogens with one attached hydrogen (secondary N) is 1. The maximum Gasteiger partial charge on any atom is 0.203 e. The van der Waals surface area contributed by atoms with E-state index in [1.165, 1.54) is 0 Å². The summed E-state index contributed by atoms with van der Waals surface area (Å²) in [5, 5.41) is 13.4. The molecule has 2 saturated heterocycles. The van der Waals surface area contributed by atoms with E-state index in [1.54, 1.807) is 20.0 Å². The van der Waals surface area contributed by atoms with Crippen LogP contribution in [-0.4, -0.2) is 33.8 Å². The van der Waals surface area contributed by atoms with Crippen molar-refractivity contribution in [1.29, 1.82) is 0 Å². The molecule has 4 N–H and O–H groups in total. The van der Waals surface area contributed by atoms with Gasteiger partial charge in [0.25, 0.3) is 0 Å². The Balaban J connectivity index is 2.17. The van der Waals surface area contributed by atoms with E-state index in [4.69, 9.17) is 10.5 Å². The molecule has 0 aromatic rings. The van der Waals surface area contributed by atoms with Gasteiger partial charge >= 0.3 is 0 Å². The molecule has 6 nitrogen and oxygen atoms in total. The molecule has 3 heterocycles. The van der Waals surface area contributed by atoms with E-state index in [0.717, 1.165) is 5.57 Å². The van der Waals surface area contributed by atoms with Crippen molar-refractivity contribution >= 4 is 11.7 Å². The molecule has 3 aliphatic rings. The van der Waals surface area contributed by atoms with Gasteiger partial charge in [0, 0.05) is 12.6 Å². The van der Waals surface area contributed by atoms with Crippen LogP contribution in [0.25, 0.3) is 0 Å². The molecule has 3 rings (SSSR count). The minimum Gasteiger partial charge on any atom is -0.370 e. The number of fused-ring (bicyclic) bond motifs is 4. The van der Waals surface area contributed by atoms with E-state index in [1.807, 2.05) is 0 Å². The predicted molar refractivity (Wildman–Crippen MR) is 59.9 cm³/mol. The molecule has 0 radical (unpaired) electrons. The summed E-state index contributed by atoms with van der Waals surface area (Å²) in [7, 11) is 0. The molecule has 0 aliphatic carbocycles. The summed E-state index contributed by atoms with van der Waals surface area (Å²) in [4.78, 5) is 16.2. The largest absolute Gasteiger partial charge is 0.370 e. The van der Waals surface area contributed by atoms with Crippen LogP contribution in [0.4, 0.5) is 0 Å². The summed E-state index contributed by atoms with van der Waals surface area (Å²) in [5.74, 6) is -1.46. The van der Waals surface area contributed by atoms with Crippen molar-refractivity contribution in [3.8, 4) is 0 Å². The number of aliphatic imine (C=N–C) groups is 1. The topological polar surface area (TPSA) is 96.9 Å². The maximum absolute atomic E-state index is 11.9. The molecule has 0 aromatic heterocycles. The van der Waals surface area contributed by atoms with Gasteiger partial charge in [0.05, 0.1) is 6.42 Å². The molecule has 6 heteroatoms. The Hall–Kier alpha value is -1.40. The summed E-state index contributed by atoms with van der Waals surface area (Å²) in [5.41, 5.74) is 4.55. The SMILES string of the molecule is C[C@]12N=C(N)NC=C1C[C@]1(C)O[C@@]2(O)CC1=O. The van der Waals surface area contributed by atoms with Crippen LogP contribution in [0.2, 0.25) is 0 Å². The summed E-state index contributed by atoms with van der Waals surface area (Å²) in [6, 6.07) is 0. The number of ether oxygens (including phenoxy) is 1. The van der Waals surface area contributed by atoms with Crippen molar-refractivity contribution in [2.45, 2.75) is 43.6 Å². The third kappa shape index (κ3) is 1.11. The number of nitrogens with two attached hydrogens (primary N) is 1. The van der Waals surface area contributed by atoms with Gasteiger partial charge in [-0.3, -0.25) is 4.79 Å². The number of hydrogen-bond donors (Lipinski definition) is 3. The van der Waals surface area contributed by atoms with E-state index in [-0.39, 0.29) is 18.2 Å². The highest BCUT2D eigenvalue weighted by atomic mass is 16.7. The number of hydrogen-bond acceptors (Lipinski definition) is 6. The minimum absolute atomic E-state index is 0.0475. The van der Waals surface area contributed by atoms with Gasteiger partial charge in [-0.1, -0.05) is 0 Å². The fraction of sp³-hybridized carbons (Fsp3) is 0.636. The molecule has 0 spiro atoms. The van der Waals surface area contributed by atoms with Crippen molar-refractivity contribution in [3.05, 3.63) is 11.8 Å². The van der Waals surface area contributed by atoms with Crippen molar-refractivity contribution in [2.24, 2.45) is 10.7 Å². The first-order valence-electron chi connectivity index (χ1n) is 5.56. The second-order valence-electron chi connectivity index (χ2n) is 5.28. The molecule has 17 heavy (non-hydrogen) atoms. The molecule has 3 atom stereocenters. The van der Waals surface area contributed by atoms with Gasteiger partial charge < -0.3 is 20.9 Å². The number of ketones is 1. The van der Waals surface area contributed by atoms with Gasteiger partial charge in [-0.05, 0) is 19.4 Å². The lowest BCUT2D eigenvalue weighted by atomic mass is 9.78. The predicted octanol–water partition coefficient (Wildman–Crippen LogP) is -0.613. The maximum atomic E-state index is 11.9. The average Bonchev–Trinajstić information content (AvgIpc) is 2.40. The fourth-order valence-corrected chi connectivity index (χ4v) is 2.85. The van der Waals surface area contributed by atoms with Crippen molar-refractivity contribution in [1.82, 2.24) is 5.32 Å². The molecule has 0 aromatic carbocycles. The van der Waals surface area contributed by atoms with Crippen molar-refractivity contribution in [2.75, 3.05) is 0 Å². The van der Waals surface area contributed by atoms with Crippen LogP contribution in [0.15, 0.2) is 16.8 Å². The van der Waals surface area contributed by atoms with E-state index in [2.05, 4.69) is 10.3 Å². The van der Waals surface area contributed by atoms with Crippen LogP contribution in [-0.2, 0) is 9.53 Å². The normalized spacial score (nSPS) is 48.1. The Bertz CT molecular complexity index is 486. The van der Waals surface area contributed by atoms with Gasteiger partial charge in [0.2, 0.25) is 5.79 Å². The summed E-state index contributed by atoms with van der Waals surface area (Å²) >= 11 is 0. The first-order chi connectivity index (χ1) is 7.79. The smallest absolute Gasteiger partial charge is 0.203 e. The number of rotatable bonds is 0. The molecular weight excluding hydrogens is 222 g/mol. The zero-order valence-corrected chi connectivity index (χ0v) is 9.78. The lowest BCUT2D eigenvalue weighted by molar-refractivity contribution is -0.260. The Labute approximate surface area is 98.5 Å². The molecule has 2 bridgehead atoms. The third-order valence-corrected chi connectivity index (χ3v) is 4.04. The Morgan fingerprint density at radius 2 is 2.24 bits per heavy atom. The van der Waals surface area contributed by atoms with Crippen LogP contribution in [0.1, 0.15) is 26.7 Å². The molecular formula is C11H15N3O3. The van der Waals surface area contributed by atoms with Crippen LogP contribution in [0.3, 0.4) is 0 Å². The number of guanidine groups is 1. The van der Waals surface area contributed by atoms with E-state index in [9.17, 15) is 9.90 Å². The molecule has 0 amide bonds. The lowest BCUT2D eigenvalue weighted by Crippen LogP contribution is -2.60. The van der Waals surface area contributed by atoms with Crippen molar-refractivity contribution in [3.63, 3.8) is 0 Å². The average molecular weight is 237 g/mol. The second kappa shape index (κ2) is 2.70. The number of nitrogens with zero attached hydrogens (tertiary/aromatic N) is 1. The van der Waals surface area contributed by atoms with Gasteiger partial charge in [-0.25, -0.2) is 4.99 Å². The van der Waals surface area contributed by atoms with E-state index in [0.29, 0.717) is 6.42 Å². The summed E-state index contributed by atoms with van der Waals surface area (Å²) in [6.45, 7) is 3.44. The standard InChI is InChI=1S/C11H15N3O3/c1-9-3-6-5-13-8(12)14-10(6,2)11(16,17-9)4-7(9)15/h5,16H,3-4H2,1-2H3,(H3,12,13,14)/t9-,10-,11-/m0/s1. The molecule has 2 fully saturated rings. The highest BCUT2D eigenvalue weighted by Crippen LogP contribution is 2.54. The third-order valence-electron chi connectivity index (χ3n) is 4.04. The highest BCUT2D eigenvalue weighted by molar-refractivity contribution is 5.92. The van der Waals surface area contributed by atoms with Gasteiger partial charge in [-0.15, -0.1) is 0 Å². The first kappa shape index (κ1) is 10.7. The van der Waals surface area contributed by atoms with Crippen LogP contribution in [0.5, 0.6) is 0 Å². The van der Waals surface area contributed by atoms with Crippen molar-refractivity contribution < 1.29 is 14.6 Å². The molecule has 0 unspecified atom stereocenters. The monoisotopic (exact) mass is 237 g/mol. The van der Waals surface area contributed by atoms with Crippen LogP contribution >= 0.6 is 0 Å². The number of Topliss-reactive ketones (excluding diaryl/α,β-unsaturated/α-hetero) is 1. The fourth-order valence-electron chi connectivity index (χ4n) is 2.85. The summed E-state index contributed by atoms with van der Waals surface area (Å²) < 4.78 is 5.58. The molecule has 92 valence electrons. The molecule has 0 saturated carbocycles. The molecule has 3 aliphatic heterocycles. The van der Waals surface area contributed by atoms with Crippen LogP contribution in [0, 0.1) is 0 Å². The Morgan fingerprint density at radius 1 is 1.53 bits per heavy atom. The van der Waals surface area contributed by atoms with Crippen LogP contribution < -0.4 is 11.1 Å². The Kier molecular flexibility index (Phi) is 1.71. The van der Waals surface area contributed by atoms with Gasteiger partial charge in [-0.2, -0.15) is 0 Å². The first-order valence-corrected chi connectivity index (χ1v) is 5.56. The Morgan fingerprint density at radius 3 is 2.94 bits per heavy atom. The number of carbonyl (C=O) groups excluding carboxylic acids is 1. The van der Waals surface area contributed by atoms with E-state index >= 15 is 0 Å². The lowest BCUT2D eigenvalue weighted by Gasteiger charge is -2.47. The number of aliphatic hydroxyl groups is 1. The summed E-state index contributed by atoms with van der Waals surface area (Å²) in [6.07, 6.45) is 2.09. The van der Waals surface area contributed by atoms with Gasteiger partial charge in [0.15, 0.2) is 11.7 Å². The number of carbonyl (C=O) groups is 1. The highest BCUT2D eigenvalue weighted by Gasteiger charge is 2.67.